The van der Waals surface area contributed by atoms with Crippen molar-refractivity contribution in [3.8, 4) is 11.5 Å². The molecule has 4 rings (SSSR count). The SMILES string of the molecule is O.O.Oc1ccccc1C1CCCCC1.Oc1ccccc1C1CCCCC1.[Co]. The average Bonchev–Trinajstić information content (AvgIpc) is 2.71. The first kappa shape index (κ1) is 27.5. The third-order valence-corrected chi connectivity index (χ3v) is 5.96. The molecule has 165 valence electrons. The number of hydrogen-bond donors (Lipinski definition) is 2. The fraction of sp³-hybridized carbons (Fsp3) is 0.500. The van der Waals surface area contributed by atoms with Crippen LogP contribution in [0.2, 0.25) is 0 Å². The number of phenols is 2. The number of para-hydroxylation sites is 2. The quantitative estimate of drug-likeness (QED) is 0.658. The zero-order chi connectivity index (χ0) is 18.2. The van der Waals surface area contributed by atoms with Crippen LogP contribution < -0.4 is 0 Å². The largest absolute Gasteiger partial charge is 0.508 e. The molecule has 4 nitrogen and oxygen atoms in total. The predicted molar refractivity (Wildman–Crippen MR) is 115 cm³/mol. The number of benzene rings is 2. The van der Waals surface area contributed by atoms with Gasteiger partial charge in [0.25, 0.3) is 0 Å². The van der Waals surface area contributed by atoms with Gasteiger partial charge in [-0.15, -0.1) is 0 Å². The maximum Gasteiger partial charge on any atom is 0.119 e. The van der Waals surface area contributed by atoms with Crippen LogP contribution in [-0.2, 0) is 16.8 Å². The standard InChI is InChI=1S/2C12H16O.Co.2H2O/c2*13-12-9-5-4-8-11(12)10-6-2-1-3-7-10;;;/h2*4-5,8-10,13H,1-3,6-7H2;;2*1H2. The molecule has 0 heterocycles. The summed E-state index contributed by atoms with van der Waals surface area (Å²) >= 11 is 0. The van der Waals surface area contributed by atoms with Gasteiger partial charge in [0.2, 0.25) is 0 Å². The molecule has 2 aromatic carbocycles. The molecule has 2 fully saturated rings. The maximum absolute atomic E-state index is 9.66. The summed E-state index contributed by atoms with van der Waals surface area (Å²) in [4.78, 5) is 0. The van der Waals surface area contributed by atoms with Crippen molar-refractivity contribution >= 4 is 0 Å². The molecule has 0 atom stereocenters. The summed E-state index contributed by atoms with van der Waals surface area (Å²) in [5.74, 6) is 2.17. The van der Waals surface area contributed by atoms with Crippen molar-refractivity contribution in [3.05, 3.63) is 59.7 Å². The molecule has 29 heavy (non-hydrogen) atoms. The van der Waals surface area contributed by atoms with Gasteiger partial charge in [-0.2, -0.15) is 0 Å². The van der Waals surface area contributed by atoms with E-state index in [4.69, 9.17) is 0 Å². The van der Waals surface area contributed by atoms with Gasteiger partial charge in [0, 0.05) is 16.8 Å². The van der Waals surface area contributed by atoms with Crippen molar-refractivity contribution in [1.29, 1.82) is 0 Å². The molecule has 0 amide bonds. The molecule has 2 saturated carbocycles. The van der Waals surface area contributed by atoms with E-state index in [1.54, 1.807) is 12.1 Å². The first-order chi connectivity index (χ1) is 12.8. The van der Waals surface area contributed by atoms with E-state index in [0.717, 1.165) is 11.1 Å². The molecule has 0 bridgehead atoms. The second-order valence-electron chi connectivity index (χ2n) is 7.79. The minimum atomic E-state index is 0. The molecular formula is C24H36CoO4. The van der Waals surface area contributed by atoms with Gasteiger partial charge in [-0.05, 0) is 60.8 Å². The normalized spacial score (nSPS) is 16.8. The molecule has 0 unspecified atom stereocenters. The maximum atomic E-state index is 9.66. The van der Waals surface area contributed by atoms with E-state index >= 15 is 0 Å². The van der Waals surface area contributed by atoms with Gasteiger partial charge in [0.1, 0.15) is 11.5 Å². The number of hydrogen-bond acceptors (Lipinski definition) is 2. The summed E-state index contributed by atoms with van der Waals surface area (Å²) in [5, 5.41) is 19.3. The summed E-state index contributed by atoms with van der Waals surface area (Å²) in [7, 11) is 0. The van der Waals surface area contributed by atoms with Gasteiger partial charge in [-0.3, -0.25) is 0 Å². The molecule has 1 radical (unpaired) electrons. The third kappa shape index (κ3) is 8.01. The van der Waals surface area contributed by atoms with Crippen LogP contribution >= 0.6 is 0 Å². The van der Waals surface area contributed by atoms with Crippen molar-refractivity contribution in [2.45, 2.75) is 76.0 Å². The number of rotatable bonds is 2. The first-order valence-electron chi connectivity index (χ1n) is 10.3. The Kier molecular flexibility index (Phi) is 13.7. The monoisotopic (exact) mass is 447 g/mol. The Hall–Kier alpha value is -1.53. The van der Waals surface area contributed by atoms with Gasteiger partial charge in [-0.25, -0.2) is 0 Å². The Morgan fingerprint density at radius 1 is 0.517 bits per heavy atom. The number of phenolic OH excluding ortho intramolecular Hbond substituents is 2. The van der Waals surface area contributed by atoms with Gasteiger partial charge in [0.05, 0.1) is 0 Å². The summed E-state index contributed by atoms with van der Waals surface area (Å²) < 4.78 is 0. The number of aromatic hydroxyl groups is 2. The molecule has 2 aromatic rings. The molecule has 0 aliphatic heterocycles. The van der Waals surface area contributed by atoms with E-state index in [0.29, 0.717) is 23.3 Å². The van der Waals surface area contributed by atoms with Crippen molar-refractivity contribution in [2.24, 2.45) is 0 Å². The van der Waals surface area contributed by atoms with Crippen LogP contribution in [0, 0.1) is 0 Å². The summed E-state index contributed by atoms with van der Waals surface area (Å²) in [6.45, 7) is 0. The predicted octanol–water partition coefficient (Wildman–Crippen LogP) is 5.23. The van der Waals surface area contributed by atoms with Gasteiger partial charge in [-0.1, -0.05) is 74.9 Å². The zero-order valence-corrected chi connectivity index (χ0v) is 18.1. The van der Waals surface area contributed by atoms with E-state index in [9.17, 15) is 10.2 Å². The topological polar surface area (TPSA) is 103 Å². The van der Waals surface area contributed by atoms with Crippen molar-refractivity contribution in [3.63, 3.8) is 0 Å². The average molecular weight is 447 g/mol. The molecule has 2 aliphatic rings. The Labute approximate surface area is 185 Å². The summed E-state index contributed by atoms with van der Waals surface area (Å²) in [6.07, 6.45) is 13.0. The summed E-state index contributed by atoms with van der Waals surface area (Å²) in [5.41, 5.74) is 2.31. The second-order valence-corrected chi connectivity index (χ2v) is 7.79. The molecule has 2 aliphatic carbocycles. The van der Waals surface area contributed by atoms with E-state index in [1.165, 1.54) is 64.2 Å². The van der Waals surface area contributed by atoms with Crippen molar-refractivity contribution < 1.29 is 37.9 Å². The van der Waals surface area contributed by atoms with Crippen LogP contribution in [0.5, 0.6) is 11.5 Å². The van der Waals surface area contributed by atoms with E-state index in [-0.39, 0.29) is 27.7 Å². The smallest absolute Gasteiger partial charge is 0.119 e. The van der Waals surface area contributed by atoms with Crippen LogP contribution in [-0.4, -0.2) is 21.2 Å². The van der Waals surface area contributed by atoms with Crippen LogP contribution in [0.1, 0.15) is 87.2 Å². The first-order valence-corrected chi connectivity index (χ1v) is 10.3. The second kappa shape index (κ2) is 14.4. The Balaban J connectivity index is 0.000000490. The van der Waals surface area contributed by atoms with E-state index in [2.05, 4.69) is 12.1 Å². The summed E-state index contributed by atoms with van der Waals surface area (Å²) in [6, 6.07) is 15.5. The fourth-order valence-corrected chi connectivity index (χ4v) is 4.49. The van der Waals surface area contributed by atoms with E-state index < -0.39 is 0 Å². The molecule has 0 aromatic heterocycles. The molecule has 5 heteroatoms. The minimum absolute atomic E-state index is 0. The Bertz CT molecular complexity index is 621. The van der Waals surface area contributed by atoms with Crippen LogP contribution in [0.25, 0.3) is 0 Å². The molecule has 0 saturated heterocycles. The zero-order valence-electron chi connectivity index (χ0n) is 17.1. The van der Waals surface area contributed by atoms with Crippen LogP contribution in [0.4, 0.5) is 0 Å². The van der Waals surface area contributed by atoms with Crippen molar-refractivity contribution in [1.82, 2.24) is 0 Å². The fourth-order valence-electron chi connectivity index (χ4n) is 4.49. The van der Waals surface area contributed by atoms with Crippen LogP contribution in [0.3, 0.4) is 0 Å². The van der Waals surface area contributed by atoms with Crippen LogP contribution in [0.15, 0.2) is 48.5 Å². The third-order valence-electron chi connectivity index (χ3n) is 5.96. The molecule has 6 N–H and O–H groups in total. The molecule has 0 spiro atoms. The minimum Gasteiger partial charge on any atom is -0.508 e. The van der Waals surface area contributed by atoms with Gasteiger partial charge >= 0.3 is 0 Å². The van der Waals surface area contributed by atoms with Gasteiger partial charge in [0.15, 0.2) is 0 Å². The van der Waals surface area contributed by atoms with E-state index in [1.807, 2.05) is 24.3 Å². The Morgan fingerprint density at radius 3 is 1.14 bits per heavy atom. The Morgan fingerprint density at radius 2 is 0.828 bits per heavy atom. The van der Waals surface area contributed by atoms with Crippen molar-refractivity contribution in [2.75, 3.05) is 0 Å². The van der Waals surface area contributed by atoms with Gasteiger partial charge < -0.3 is 21.2 Å². The molecular weight excluding hydrogens is 411 g/mol.